The molecule has 0 aromatic heterocycles. The van der Waals surface area contributed by atoms with Crippen molar-refractivity contribution in [3.8, 4) is 5.75 Å². The zero-order valence-electron chi connectivity index (χ0n) is 15.6. The van der Waals surface area contributed by atoms with Crippen LogP contribution in [0.3, 0.4) is 0 Å². The molecule has 10 heteroatoms. The predicted molar refractivity (Wildman–Crippen MR) is 102 cm³/mol. The minimum absolute atomic E-state index is 0.241. The number of rotatable bonds is 6. The fourth-order valence-corrected chi connectivity index (χ4v) is 3.06. The summed E-state index contributed by atoms with van der Waals surface area (Å²) >= 11 is 0. The molecule has 8 nitrogen and oxygen atoms in total. The van der Waals surface area contributed by atoms with Crippen molar-refractivity contribution in [2.75, 3.05) is 12.1 Å². The molecule has 2 aromatic rings. The number of alkyl halides is 2. The lowest BCUT2D eigenvalue weighted by Crippen LogP contribution is -2.38. The van der Waals surface area contributed by atoms with Gasteiger partial charge >= 0.3 is 12.3 Å². The molecule has 2 unspecified atom stereocenters. The number of aliphatic imine (C=N–C) groups is 1. The molecule has 0 N–H and O–H groups in total. The molecule has 0 saturated carbocycles. The van der Waals surface area contributed by atoms with Gasteiger partial charge in [-0.1, -0.05) is 18.2 Å². The summed E-state index contributed by atoms with van der Waals surface area (Å²) in [7, 11) is 1.77. The van der Waals surface area contributed by atoms with E-state index in [1.807, 2.05) is 25.1 Å². The van der Waals surface area contributed by atoms with E-state index in [1.54, 1.807) is 24.2 Å². The van der Waals surface area contributed by atoms with Crippen molar-refractivity contribution in [2.45, 2.75) is 25.6 Å². The summed E-state index contributed by atoms with van der Waals surface area (Å²) in [5.74, 6) is -0.781. The molecule has 2 aromatic carbocycles. The van der Waals surface area contributed by atoms with Crippen LogP contribution in [0.1, 0.15) is 12.5 Å². The summed E-state index contributed by atoms with van der Waals surface area (Å²) in [5.41, 5.74) is 0.385. The second-order valence-corrected chi connectivity index (χ2v) is 6.39. The van der Waals surface area contributed by atoms with Gasteiger partial charge in [0.1, 0.15) is 6.04 Å². The Bertz CT molecular complexity index is 939. The highest BCUT2D eigenvalue weighted by atomic mass is 19.3. The number of hydrazine groups is 1. The molecule has 1 fully saturated rings. The number of ether oxygens (including phenoxy) is 1. The monoisotopic (exact) mass is 404 g/mol. The minimum atomic E-state index is -3.18. The number of anilines is 1. The average Bonchev–Trinajstić information content (AvgIpc) is 2.89. The van der Waals surface area contributed by atoms with E-state index in [0.29, 0.717) is 11.3 Å². The van der Waals surface area contributed by atoms with Gasteiger partial charge in [-0.15, -0.1) is 0 Å². The lowest BCUT2D eigenvalue weighted by atomic mass is 10.1. The van der Waals surface area contributed by atoms with Crippen LogP contribution in [-0.2, 0) is 4.79 Å². The Balaban J connectivity index is 1.85. The third-order valence-electron chi connectivity index (χ3n) is 4.60. The van der Waals surface area contributed by atoms with Crippen molar-refractivity contribution in [3.05, 3.63) is 64.2 Å². The van der Waals surface area contributed by atoms with E-state index in [-0.39, 0.29) is 11.9 Å². The molecule has 29 heavy (non-hydrogen) atoms. The summed E-state index contributed by atoms with van der Waals surface area (Å²) in [5, 5.41) is 14.4. The highest BCUT2D eigenvalue weighted by molar-refractivity contribution is 6.00. The Morgan fingerprint density at radius 2 is 1.93 bits per heavy atom. The Morgan fingerprint density at radius 3 is 2.55 bits per heavy atom. The van der Waals surface area contributed by atoms with Crippen LogP contribution in [0.5, 0.6) is 5.75 Å². The van der Waals surface area contributed by atoms with Crippen LogP contribution in [0.15, 0.2) is 53.5 Å². The number of nitrogens with zero attached hydrogens (tertiary/aromatic N) is 4. The van der Waals surface area contributed by atoms with Crippen LogP contribution in [-0.4, -0.2) is 47.8 Å². The highest BCUT2D eigenvalue weighted by Crippen LogP contribution is 2.30. The molecule has 1 saturated heterocycles. The molecule has 1 aliphatic rings. The molecular weight excluding hydrogens is 386 g/mol. The maximum absolute atomic E-state index is 12.9. The molecule has 2 atom stereocenters. The molecule has 1 amide bonds. The molecule has 0 aliphatic carbocycles. The number of amides is 1. The number of nitro benzene ring substituents is 1. The Morgan fingerprint density at radius 1 is 1.24 bits per heavy atom. The van der Waals surface area contributed by atoms with Gasteiger partial charge in [0.25, 0.3) is 5.91 Å². The summed E-state index contributed by atoms with van der Waals surface area (Å²) in [6.45, 7) is -1.34. The van der Waals surface area contributed by atoms with Crippen LogP contribution in [0.25, 0.3) is 0 Å². The Hall–Kier alpha value is -3.40. The van der Waals surface area contributed by atoms with Gasteiger partial charge < -0.3 is 4.74 Å². The van der Waals surface area contributed by atoms with E-state index in [2.05, 4.69) is 9.73 Å². The average molecular weight is 404 g/mol. The molecule has 1 heterocycles. The van der Waals surface area contributed by atoms with Gasteiger partial charge in [-0.05, 0) is 36.8 Å². The zero-order chi connectivity index (χ0) is 21.1. The summed E-state index contributed by atoms with van der Waals surface area (Å²) in [6.07, 6.45) is 1.32. The maximum Gasteiger partial charge on any atom is 0.387 e. The summed E-state index contributed by atoms with van der Waals surface area (Å²) in [4.78, 5) is 27.5. The van der Waals surface area contributed by atoms with E-state index >= 15 is 0 Å². The van der Waals surface area contributed by atoms with Crippen molar-refractivity contribution >= 4 is 23.5 Å². The quantitative estimate of drug-likeness (QED) is 0.419. The maximum atomic E-state index is 12.9. The number of nitro groups is 1. The number of likely N-dealkylation sites (N-methyl/N-ethyl adjacent to an activating group) is 1. The Kier molecular flexibility index (Phi) is 5.83. The third-order valence-corrected chi connectivity index (χ3v) is 4.60. The molecule has 0 radical (unpaired) electrons. The van der Waals surface area contributed by atoms with Crippen molar-refractivity contribution < 1.29 is 23.2 Å². The number of hydrogen-bond acceptors (Lipinski definition) is 6. The Labute approximate surface area is 165 Å². The molecule has 0 spiro atoms. The number of halogens is 2. The zero-order valence-corrected chi connectivity index (χ0v) is 15.6. The first-order valence-corrected chi connectivity index (χ1v) is 8.67. The topological polar surface area (TPSA) is 88.3 Å². The first-order valence-electron chi connectivity index (χ1n) is 8.67. The van der Waals surface area contributed by atoms with Crippen molar-refractivity contribution in [2.24, 2.45) is 4.99 Å². The van der Waals surface area contributed by atoms with Crippen LogP contribution in [0, 0.1) is 10.1 Å². The smallest absolute Gasteiger partial charge is 0.387 e. The van der Waals surface area contributed by atoms with E-state index in [4.69, 9.17) is 0 Å². The fraction of sp³-hybridized carbons (Fsp3) is 0.263. The van der Waals surface area contributed by atoms with E-state index < -0.39 is 29.0 Å². The number of para-hydroxylation sites is 1. The van der Waals surface area contributed by atoms with Crippen LogP contribution >= 0.6 is 0 Å². The molecule has 0 bridgehead atoms. The van der Waals surface area contributed by atoms with Crippen LogP contribution in [0.4, 0.5) is 20.2 Å². The molecule has 1 aliphatic heterocycles. The van der Waals surface area contributed by atoms with Gasteiger partial charge in [-0.2, -0.15) is 8.78 Å². The van der Waals surface area contributed by atoms with E-state index in [1.165, 1.54) is 17.3 Å². The molecule has 152 valence electrons. The lowest BCUT2D eigenvalue weighted by Gasteiger charge is -2.26. The minimum Gasteiger partial charge on any atom is -0.427 e. The number of benzene rings is 2. The van der Waals surface area contributed by atoms with E-state index in [0.717, 1.165) is 12.1 Å². The largest absolute Gasteiger partial charge is 0.427 e. The highest BCUT2D eigenvalue weighted by Gasteiger charge is 2.42. The first-order chi connectivity index (χ1) is 13.8. The van der Waals surface area contributed by atoms with Crippen LogP contribution < -0.4 is 9.75 Å². The number of carbonyl (C=O) groups excluding carboxylic acids is 1. The molecular formula is C19H18F2N4O4. The summed E-state index contributed by atoms with van der Waals surface area (Å²) in [6, 6.07) is 11.6. The van der Waals surface area contributed by atoms with Gasteiger partial charge in [-0.3, -0.25) is 19.9 Å². The van der Waals surface area contributed by atoms with Crippen molar-refractivity contribution in [1.29, 1.82) is 0 Å². The van der Waals surface area contributed by atoms with E-state index in [9.17, 15) is 23.7 Å². The second-order valence-electron chi connectivity index (χ2n) is 6.39. The SMILES string of the molecule is CC1C(N=Cc2ccc(OC(F)F)c([N+](=O)[O-])c2)C(=O)N(c2ccccc2)N1C. The fourth-order valence-electron chi connectivity index (χ4n) is 3.06. The predicted octanol–water partition coefficient (Wildman–Crippen LogP) is 3.27. The number of carbonyl (C=O) groups is 1. The third kappa shape index (κ3) is 4.21. The first kappa shape index (κ1) is 20.3. The van der Waals surface area contributed by atoms with Crippen molar-refractivity contribution in [1.82, 2.24) is 5.01 Å². The van der Waals surface area contributed by atoms with Crippen LogP contribution in [0.2, 0.25) is 0 Å². The standard InChI is InChI=1S/C19H18F2N4O4/c1-12-17(18(26)24(23(12)2)14-6-4-3-5-7-14)22-11-13-8-9-16(29-19(20)21)15(10-13)25(27)28/h3-12,17,19H,1-2H3. The van der Waals surface area contributed by atoms with Gasteiger partial charge in [0.05, 0.1) is 16.7 Å². The normalized spacial score (nSPS) is 20.0. The molecule has 3 rings (SSSR count). The van der Waals surface area contributed by atoms with Gasteiger partial charge in [0, 0.05) is 19.3 Å². The van der Waals surface area contributed by atoms with Crippen molar-refractivity contribution in [3.63, 3.8) is 0 Å². The lowest BCUT2D eigenvalue weighted by molar-refractivity contribution is -0.386. The number of hydrogen-bond donors (Lipinski definition) is 0. The second kappa shape index (κ2) is 8.31. The summed E-state index contributed by atoms with van der Waals surface area (Å²) < 4.78 is 29.0. The van der Waals surface area contributed by atoms with Gasteiger partial charge in [-0.25, -0.2) is 10.0 Å². The van der Waals surface area contributed by atoms with Gasteiger partial charge in [0.15, 0.2) is 0 Å². The van der Waals surface area contributed by atoms with Gasteiger partial charge in [0.2, 0.25) is 5.75 Å².